The van der Waals surface area contributed by atoms with Gasteiger partial charge in [-0.15, -0.1) is 0 Å². The molecule has 4 nitrogen and oxygen atoms in total. The number of hydrogen-bond acceptors (Lipinski definition) is 4. The van der Waals surface area contributed by atoms with E-state index >= 15 is 0 Å². The first-order valence-electron chi connectivity index (χ1n) is 4.79. The Hall–Kier alpha value is -0.620. The third-order valence-corrected chi connectivity index (χ3v) is 5.42. The number of rotatable bonds is 3. The summed E-state index contributed by atoms with van der Waals surface area (Å²) in [5, 5.41) is 8.77. The Kier molecular flexibility index (Phi) is 2.74. The van der Waals surface area contributed by atoms with Crippen molar-refractivity contribution in [1.82, 2.24) is 0 Å². The summed E-state index contributed by atoms with van der Waals surface area (Å²) >= 11 is 5.68. The lowest BCUT2D eigenvalue weighted by molar-refractivity contribution is 0.257. The third kappa shape index (κ3) is 1.84. The molecule has 0 aliphatic heterocycles. The zero-order valence-electron chi connectivity index (χ0n) is 8.43. The van der Waals surface area contributed by atoms with Crippen molar-refractivity contribution in [2.24, 2.45) is 5.73 Å². The summed E-state index contributed by atoms with van der Waals surface area (Å²) in [4.78, 5) is 0.197. The summed E-state index contributed by atoms with van der Waals surface area (Å²) in [6.07, 6.45) is 0.300. The minimum absolute atomic E-state index is 0.197. The molecule has 16 heavy (non-hydrogen) atoms. The zero-order valence-corrected chi connectivity index (χ0v) is 10.0. The van der Waals surface area contributed by atoms with Crippen LogP contribution in [-0.2, 0) is 9.84 Å². The van der Waals surface area contributed by atoms with E-state index in [1.165, 1.54) is 24.3 Å². The van der Waals surface area contributed by atoms with Gasteiger partial charge in [-0.25, -0.2) is 8.42 Å². The Morgan fingerprint density at radius 1 is 1.44 bits per heavy atom. The normalized spacial score (nSPS) is 29.1. The molecule has 0 radical (unpaired) electrons. The third-order valence-electron chi connectivity index (χ3n) is 2.86. The maximum absolute atomic E-state index is 12.0. The predicted octanol–water partition coefficient (Wildman–Crippen LogP) is 0.576. The topological polar surface area (TPSA) is 80.4 Å². The van der Waals surface area contributed by atoms with Crippen LogP contribution >= 0.6 is 11.6 Å². The van der Waals surface area contributed by atoms with Crippen molar-refractivity contribution >= 4 is 21.4 Å². The van der Waals surface area contributed by atoms with Gasteiger partial charge in [0.25, 0.3) is 0 Å². The Bertz CT molecular complexity index is 499. The quantitative estimate of drug-likeness (QED) is 0.834. The van der Waals surface area contributed by atoms with Crippen LogP contribution in [0.25, 0.3) is 0 Å². The number of nitrogens with two attached hydrogens (primary N) is 1. The van der Waals surface area contributed by atoms with Gasteiger partial charge in [-0.2, -0.15) is 0 Å². The molecule has 0 heterocycles. The molecule has 0 spiro atoms. The van der Waals surface area contributed by atoms with Crippen LogP contribution in [0.4, 0.5) is 0 Å². The first kappa shape index (κ1) is 11.9. The average Bonchev–Trinajstić information content (AvgIpc) is 2.93. The zero-order chi connectivity index (χ0) is 12.0. The van der Waals surface area contributed by atoms with Crippen molar-refractivity contribution in [1.29, 1.82) is 0 Å². The van der Waals surface area contributed by atoms with E-state index in [2.05, 4.69) is 0 Å². The maximum Gasteiger partial charge on any atom is 0.183 e. The summed E-state index contributed by atoms with van der Waals surface area (Å²) in [5.41, 5.74) is 4.71. The van der Waals surface area contributed by atoms with Gasteiger partial charge in [0.05, 0.1) is 22.3 Å². The highest BCUT2D eigenvalue weighted by Gasteiger charge is 2.58. The average molecular weight is 262 g/mol. The first-order chi connectivity index (χ1) is 7.40. The lowest BCUT2D eigenvalue weighted by Gasteiger charge is -2.08. The van der Waals surface area contributed by atoms with Crippen molar-refractivity contribution < 1.29 is 13.5 Å². The maximum atomic E-state index is 12.0. The molecular weight excluding hydrogens is 250 g/mol. The Balaban J connectivity index is 2.31. The minimum atomic E-state index is -3.45. The van der Waals surface area contributed by atoms with Crippen LogP contribution in [0.2, 0.25) is 5.02 Å². The lowest BCUT2D eigenvalue weighted by Crippen LogP contribution is -2.34. The van der Waals surface area contributed by atoms with Gasteiger partial charge in [-0.05, 0) is 30.7 Å². The van der Waals surface area contributed by atoms with Crippen LogP contribution < -0.4 is 5.73 Å². The molecule has 6 heteroatoms. The van der Waals surface area contributed by atoms with E-state index in [1.807, 2.05) is 0 Å². The Morgan fingerprint density at radius 3 is 2.44 bits per heavy atom. The second-order valence-corrected chi connectivity index (χ2v) is 6.65. The van der Waals surface area contributed by atoms with E-state index < -0.39 is 20.6 Å². The van der Waals surface area contributed by atoms with Gasteiger partial charge in [0.2, 0.25) is 0 Å². The van der Waals surface area contributed by atoms with Gasteiger partial charge in [-0.3, -0.25) is 0 Å². The van der Waals surface area contributed by atoms with E-state index in [-0.39, 0.29) is 11.5 Å². The summed E-state index contributed by atoms with van der Waals surface area (Å²) in [5.74, 6) is 0. The molecule has 88 valence electrons. The van der Waals surface area contributed by atoms with Gasteiger partial charge in [0, 0.05) is 5.02 Å². The smallest absolute Gasteiger partial charge is 0.183 e. The molecule has 1 aliphatic carbocycles. The number of aliphatic hydroxyl groups is 1. The van der Waals surface area contributed by atoms with E-state index in [0.717, 1.165) is 0 Å². The monoisotopic (exact) mass is 261 g/mol. The standard InChI is InChI=1S/C10H12ClNO3S/c11-7-1-3-8(4-2-7)16(14,15)9-5-10(9,12)6-13/h1-4,9,13H,5-6,12H2/t9-,10+/m1/s1. The van der Waals surface area contributed by atoms with Crippen LogP contribution in [0.5, 0.6) is 0 Å². The molecule has 1 aliphatic rings. The van der Waals surface area contributed by atoms with E-state index in [4.69, 9.17) is 22.4 Å². The molecule has 2 atom stereocenters. The van der Waals surface area contributed by atoms with E-state index in [0.29, 0.717) is 11.4 Å². The van der Waals surface area contributed by atoms with Crippen molar-refractivity contribution in [2.45, 2.75) is 22.1 Å². The van der Waals surface area contributed by atoms with Crippen LogP contribution in [0, 0.1) is 0 Å². The van der Waals surface area contributed by atoms with Crippen molar-refractivity contribution in [3.05, 3.63) is 29.3 Å². The molecule has 0 bridgehead atoms. The van der Waals surface area contributed by atoms with Gasteiger partial charge >= 0.3 is 0 Å². The van der Waals surface area contributed by atoms with Gasteiger partial charge in [0.1, 0.15) is 0 Å². The summed E-state index contributed by atoms with van der Waals surface area (Å²) in [6, 6.07) is 5.95. The van der Waals surface area contributed by atoms with Gasteiger partial charge in [-0.1, -0.05) is 11.6 Å². The van der Waals surface area contributed by atoms with E-state index in [9.17, 15) is 8.42 Å². The molecule has 1 saturated carbocycles. The van der Waals surface area contributed by atoms with Crippen LogP contribution in [0.15, 0.2) is 29.2 Å². The van der Waals surface area contributed by atoms with E-state index in [1.54, 1.807) is 0 Å². The highest BCUT2D eigenvalue weighted by Crippen LogP contribution is 2.42. The lowest BCUT2D eigenvalue weighted by atomic mass is 10.3. The van der Waals surface area contributed by atoms with Gasteiger partial charge < -0.3 is 10.8 Å². The van der Waals surface area contributed by atoms with Crippen molar-refractivity contribution in [2.75, 3.05) is 6.61 Å². The second kappa shape index (κ2) is 3.70. The molecule has 0 saturated heterocycles. The molecule has 0 amide bonds. The fourth-order valence-corrected chi connectivity index (χ4v) is 3.85. The summed E-state index contributed by atoms with van der Waals surface area (Å²) in [7, 11) is -3.45. The van der Waals surface area contributed by atoms with Crippen LogP contribution in [0.3, 0.4) is 0 Å². The molecule has 0 aromatic heterocycles. The first-order valence-corrected chi connectivity index (χ1v) is 6.72. The highest BCUT2D eigenvalue weighted by atomic mass is 35.5. The number of halogens is 1. The molecule has 1 aromatic rings. The van der Waals surface area contributed by atoms with Crippen molar-refractivity contribution in [3.8, 4) is 0 Å². The van der Waals surface area contributed by atoms with Crippen molar-refractivity contribution in [3.63, 3.8) is 0 Å². The van der Waals surface area contributed by atoms with Gasteiger partial charge in [0.15, 0.2) is 9.84 Å². The number of benzene rings is 1. The SMILES string of the molecule is N[C@]1(CO)C[C@H]1S(=O)(=O)c1ccc(Cl)cc1. The Morgan fingerprint density at radius 2 is 2.00 bits per heavy atom. The largest absolute Gasteiger partial charge is 0.394 e. The molecule has 0 unspecified atom stereocenters. The Labute approximate surface area is 98.9 Å². The second-order valence-electron chi connectivity index (χ2n) is 4.08. The fourth-order valence-electron chi connectivity index (χ4n) is 1.66. The molecular formula is C10H12ClNO3S. The highest BCUT2D eigenvalue weighted by molar-refractivity contribution is 7.92. The summed E-state index contributed by atoms with van der Waals surface area (Å²) in [6.45, 7) is -0.315. The molecule has 3 N–H and O–H groups in total. The summed E-state index contributed by atoms with van der Waals surface area (Å²) < 4.78 is 24.1. The number of aliphatic hydroxyl groups excluding tert-OH is 1. The predicted molar refractivity (Wildman–Crippen MR) is 61.0 cm³/mol. The molecule has 2 rings (SSSR count). The minimum Gasteiger partial charge on any atom is -0.394 e. The number of sulfone groups is 1. The van der Waals surface area contributed by atoms with Crippen LogP contribution in [0.1, 0.15) is 6.42 Å². The fraction of sp³-hybridized carbons (Fsp3) is 0.400. The molecule has 1 aromatic carbocycles. The van der Waals surface area contributed by atoms with Crippen LogP contribution in [-0.4, -0.2) is 30.9 Å². The number of hydrogen-bond donors (Lipinski definition) is 2. The molecule has 1 fully saturated rings.